The highest BCUT2D eigenvalue weighted by atomic mass is 35.5. The van der Waals surface area contributed by atoms with Gasteiger partial charge in [-0.2, -0.15) is 0 Å². The largest absolute Gasteiger partial charge is 0.462 e. The maximum atomic E-state index is 12.9. The molecule has 0 aliphatic carbocycles. The molecule has 4 rings (SSSR count). The molecule has 4 nitrogen and oxygen atoms in total. The molecule has 32 heavy (non-hydrogen) atoms. The molecule has 1 heterocycles. The van der Waals surface area contributed by atoms with E-state index >= 15 is 0 Å². The number of ether oxygens (including phenoxy) is 1. The monoisotopic (exact) mass is 461 g/mol. The van der Waals surface area contributed by atoms with E-state index in [1.807, 2.05) is 60.0 Å². The van der Waals surface area contributed by atoms with E-state index in [-0.39, 0.29) is 12.5 Å². The summed E-state index contributed by atoms with van der Waals surface area (Å²) in [5.41, 5.74) is 4.46. The summed E-state index contributed by atoms with van der Waals surface area (Å²) in [5, 5.41) is 5.77. The molecule has 0 aliphatic heterocycles. The zero-order valence-corrected chi connectivity index (χ0v) is 18.9. The number of carbonyl (C=O) groups excluding carboxylic acids is 2. The zero-order chi connectivity index (χ0) is 22.5. The summed E-state index contributed by atoms with van der Waals surface area (Å²) in [7, 11) is 0. The van der Waals surface area contributed by atoms with Crippen LogP contribution < -0.4 is 5.32 Å². The molecule has 0 saturated heterocycles. The van der Waals surface area contributed by atoms with Crippen molar-refractivity contribution in [3.8, 4) is 22.3 Å². The fourth-order valence-electron chi connectivity index (χ4n) is 3.32. The first kappa shape index (κ1) is 21.8. The molecule has 0 atom stereocenters. The van der Waals surface area contributed by atoms with Crippen LogP contribution in [0.25, 0.3) is 22.3 Å². The molecule has 0 fully saturated rings. The molecule has 0 radical (unpaired) electrons. The number of benzene rings is 3. The number of amides is 1. The van der Waals surface area contributed by atoms with Gasteiger partial charge in [-0.05, 0) is 47.9 Å². The second-order valence-corrected chi connectivity index (χ2v) is 8.29. The van der Waals surface area contributed by atoms with Gasteiger partial charge in [0.2, 0.25) is 0 Å². The van der Waals surface area contributed by atoms with Gasteiger partial charge in [-0.25, -0.2) is 4.79 Å². The molecule has 1 N–H and O–H groups in total. The SMILES string of the molecule is CCOC(=O)c1c(-c2ccc(Cl)cc2)csc1NC(=O)c1ccc(-c2ccccc2)cc1. The smallest absolute Gasteiger partial charge is 0.341 e. The molecular formula is C26H20ClNO3S. The molecule has 0 spiro atoms. The highest BCUT2D eigenvalue weighted by molar-refractivity contribution is 7.15. The lowest BCUT2D eigenvalue weighted by atomic mass is 10.0. The lowest BCUT2D eigenvalue weighted by molar-refractivity contribution is 0.0529. The van der Waals surface area contributed by atoms with Crippen LogP contribution in [0.1, 0.15) is 27.6 Å². The van der Waals surface area contributed by atoms with Crippen LogP contribution in [0, 0.1) is 0 Å². The average molecular weight is 462 g/mol. The summed E-state index contributed by atoms with van der Waals surface area (Å²) in [5.74, 6) is -0.770. The first-order valence-corrected chi connectivity index (χ1v) is 11.3. The molecule has 6 heteroatoms. The summed E-state index contributed by atoms with van der Waals surface area (Å²) in [6.07, 6.45) is 0. The van der Waals surface area contributed by atoms with Crippen LogP contribution >= 0.6 is 22.9 Å². The van der Waals surface area contributed by atoms with Crippen LogP contribution in [0.5, 0.6) is 0 Å². The minimum atomic E-state index is -0.478. The van der Waals surface area contributed by atoms with E-state index in [9.17, 15) is 9.59 Å². The molecule has 4 aromatic rings. The van der Waals surface area contributed by atoms with Crippen LogP contribution in [-0.2, 0) is 4.74 Å². The van der Waals surface area contributed by atoms with Crippen molar-refractivity contribution < 1.29 is 14.3 Å². The molecule has 160 valence electrons. The average Bonchev–Trinajstić information content (AvgIpc) is 3.24. The molecule has 0 bridgehead atoms. The van der Waals surface area contributed by atoms with Gasteiger partial charge in [-0.15, -0.1) is 11.3 Å². The molecule has 1 amide bonds. The van der Waals surface area contributed by atoms with E-state index < -0.39 is 5.97 Å². The van der Waals surface area contributed by atoms with Crippen molar-refractivity contribution in [2.75, 3.05) is 11.9 Å². The molecular weight excluding hydrogens is 442 g/mol. The van der Waals surface area contributed by atoms with Crippen LogP contribution in [0.3, 0.4) is 0 Å². The summed E-state index contributed by atoms with van der Waals surface area (Å²) < 4.78 is 5.26. The van der Waals surface area contributed by atoms with Gasteiger partial charge in [0, 0.05) is 21.5 Å². The molecule has 3 aromatic carbocycles. The summed E-state index contributed by atoms with van der Waals surface area (Å²) in [6.45, 7) is 1.99. The summed E-state index contributed by atoms with van der Waals surface area (Å²) in [4.78, 5) is 25.6. The number of halogens is 1. The third kappa shape index (κ3) is 4.74. The number of rotatable bonds is 6. The Kier molecular flexibility index (Phi) is 6.69. The Hall–Kier alpha value is -3.41. The number of carbonyl (C=O) groups is 2. The fraction of sp³-hybridized carbons (Fsp3) is 0.0769. The van der Waals surface area contributed by atoms with Gasteiger partial charge in [-0.3, -0.25) is 4.79 Å². The second-order valence-electron chi connectivity index (χ2n) is 6.98. The van der Waals surface area contributed by atoms with Crippen molar-refractivity contribution in [2.24, 2.45) is 0 Å². The number of hydrogen-bond acceptors (Lipinski definition) is 4. The first-order chi connectivity index (χ1) is 15.6. The zero-order valence-electron chi connectivity index (χ0n) is 17.3. The topological polar surface area (TPSA) is 55.4 Å². The van der Waals surface area contributed by atoms with E-state index in [2.05, 4.69) is 5.32 Å². The van der Waals surface area contributed by atoms with Crippen molar-refractivity contribution >= 4 is 39.8 Å². The van der Waals surface area contributed by atoms with Gasteiger partial charge in [0.1, 0.15) is 10.6 Å². The minimum Gasteiger partial charge on any atom is -0.462 e. The number of thiophene rings is 1. The predicted octanol–water partition coefficient (Wildman–Crippen LogP) is 7.16. The van der Waals surface area contributed by atoms with E-state index in [1.54, 1.807) is 31.2 Å². The van der Waals surface area contributed by atoms with Crippen molar-refractivity contribution in [1.29, 1.82) is 0 Å². The maximum absolute atomic E-state index is 12.9. The second kappa shape index (κ2) is 9.81. The van der Waals surface area contributed by atoms with E-state index in [0.29, 0.717) is 26.7 Å². The van der Waals surface area contributed by atoms with Gasteiger partial charge in [0.25, 0.3) is 5.91 Å². The van der Waals surface area contributed by atoms with Crippen LogP contribution in [0.4, 0.5) is 5.00 Å². The molecule has 0 aliphatic rings. The van der Waals surface area contributed by atoms with Crippen molar-refractivity contribution in [1.82, 2.24) is 0 Å². The third-order valence-corrected chi connectivity index (χ3v) is 6.05. The highest BCUT2D eigenvalue weighted by Crippen LogP contribution is 2.37. The van der Waals surface area contributed by atoms with Gasteiger partial charge >= 0.3 is 5.97 Å². The lowest BCUT2D eigenvalue weighted by Crippen LogP contribution is -2.14. The van der Waals surface area contributed by atoms with Crippen LogP contribution in [-0.4, -0.2) is 18.5 Å². The van der Waals surface area contributed by atoms with Crippen LogP contribution in [0.2, 0.25) is 5.02 Å². The number of anilines is 1. The van der Waals surface area contributed by atoms with E-state index in [4.69, 9.17) is 16.3 Å². The van der Waals surface area contributed by atoms with Crippen molar-refractivity contribution in [3.05, 3.63) is 100 Å². The van der Waals surface area contributed by atoms with Crippen molar-refractivity contribution in [3.63, 3.8) is 0 Å². The highest BCUT2D eigenvalue weighted by Gasteiger charge is 2.23. The number of hydrogen-bond donors (Lipinski definition) is 1. The van der Waals surface area contributed by atoms with E-state index in [0.717, 1.165) is 16.7 Å². The Morgan fingerprint density at radius 2 is 1.50 bits per heavy atom. The van der Waals surface area contributed by atoms with Gasteiger partial charge in [0.05, 0.1) is 6.61 Å². The fourth-order valence-corrected chi connectivity index (χ4v) is 4.40. The quantitative estimate of drug-likeness (QED) is 0.310. The first-order valence-electron chi connectivity index (χ1n) is 10.1. The Labute approximate surface area is 195 Å². The molecule has 1 aromatic heterocycles. The Morgan fingerprint density at radius 1 is 0.875 bits per heavy atom. The van der Waals surface area contributed by atoms with Gasteiger partial charge in [-0.1, -0.05) is 66.2 Å². The molecule has 0 unspecified atom stereocenters. The normalized spacial score (nSPS) is 10.6. The molecule has 0 saturated carbocycles. The lowest BCUT2D eigenvalue weighted by Gasteiger charge is -2.09. The Bertz CT molecular complexity index is 1230. The van der Waals surface area contributed by atoms with Gasteiger partial charge < -0.3 is 10.1 Å². The number of nitrogens with one attached hydrogen (secondary N) is 1. The summed E-state index contributed by atoms with van der Waals surface area (Å²) in [6, 6.07) is 24.5. The number of esters is 1. The maximum Gasteiger partial charge on any atom is 0.341 e. The van der Waals surface area contributed by atoms with Crippen LogP contribution in [0.15, 0.2) is 84.2 Å². The predicted molar refractivity (Wildman–Crippen MR) is 131 cm³/mol. The minimum absolute atomic E-state index is 0.239. The van der Waals surface area contributed by atoms with Crippen molar-refractivity contribution in [2.45, 2.75) is 6.92 Å². The standard InChI is InChI=1S/C26H20ClNO3S/c1-2-31-26(30)23-22(19-12-14-21(27)15-13-19)16-32-25(23)28-24(29)20-10-8-18(9-11-20)17-6-4-3-5-7-17/h3-16H,2H2,1H3,(H,28,29). The van der Waals surface area contributed by atoms with E-state index in [1.165, 1.54) is 11.3 Å². The third-order valence-electron chi connectivity index (χ3n) is 4.91. The Morgan fingerprint density at radius 3 is 2.16 bits per heavy atom. The summed E-state index contributed by atoms with van der Waals surface area (Å²) >= 11 is 7.28. The van der Waals surface area contributed by atoms with Gasteiger partial charge in [0.15, 0.2) is 0 Å². The Balaban J connectivity index is 1.61.